The van der Waals surface area contributed by atoms with Gasteiger partial charge in [0.25, 0.3) is 0 Å². The highest BCUT2D eigenvalue weighted by molar-refractivity contribution is 7.05. The number of hydrogen-bond acceptors (Lipinski definition) is 3. The summed E-state index contributed by atoms with van der Waals surface area (Å²) < 4.78 is 2.12. The number of benzene rings is 2. The van der Waals surface area contributed by atoms with Gasteiger partial charge in [-0.15, -0.1) is 0 Å². The van der Waals surface area contributed by atoms with Crippen molar-refractivity contribution >= 4 is 16.7 Å². The molecular formula is C15H14N3S+. The van der Waals surface area contributed by atoms with Gasteiger partial charge in [0.1, 0.15) is 18.1 Å². The number of rotatable bonds is 3. The molecule has 0 aliphatic carbocycles. The van der Waals surface area contributed by atoms with E-state index in [9.17, 15) is 0 Å². The van der Waals surface area contributed by atoms with E-state index < -0.39 is 0 Å². The second-order valence-corrected chi connectivity index (χ2v) is 5.29. The predicted molar refractivity (Wildman–Crippen MR) is 77.7 cm³/mol. The van der Waals surface area contributed by atoms with E-state index in [1.54, 1.807) is 0 Å². The zero-order valence-electron chi connectivity index (χ0n) is 10.4. The Bertz CT molecular complexity index is 662. The Labute approximate surface area is 116 Å². The van der Waals surface area contributed by atoms with E-state index in [1.807, 2.05) is 36.4 Å². The van der Waals surface area contributed by atoms with Crippen LogP contribution in [0, 0.1) is 0 Å². The molecule has 19 heavy (non-hydrogen) atoms. The van der Waals surface area contributed by atoms with Crippen LogP contribution in [-0.4, -0.2) is 4.98 Å². The highest BCUT2D eigenvalue weighted by Crippen LogP contribution is 2.17. The van der Waals surface area contributed by atoms with Gasteiger partial charge < -0.3 is 5.73 Å². The molecule has 3 aromatic rings. The second kappa shape index (κ2) is 5.20. The van der Waals surface area contributed by atoms with Crippen LogP contribution in [0.15, 0.2) is 60.7 Å². The zero-order valence-corrected chi connectivity index (χ0v) is 11.2. The molecule has 0 saturated carbocycles. The fraction of sp³-hybridized carbons (Fsp3) is 0.0667. The van der Waals surface area contributed by atoms with Crippen molar-refractivity contribution in [3.8, 4) is 11.4 Å². The molecule has 0 bridgehead atoms. The van der Waals surface area contributed by atoms with Gasteiger partial charge in [-0.1, -0.05) is 48.5 Å². The normalized spacial score (nSPS) is 10.5. The number of nitrogens with two attached hydrogens (primary N) is 1. The standard InChI is InChI=1S/C15H13N3S/c16-15-17-14(13-9-5-2-6-10-13)18(19-15)11-12-7-3-1-4-8-12/h1-10,16H,11H2/p+1. The van der Waals surface area contributed by atoms with Crippen molar-refractivity contribution in [1.82, 2.24) is 4.98 Å². The number of aromatic nitrogens is 2. The van der Waals surface area contributed by atoms with Gasteiger partial charge >= 0.3 is 11.0 Å². The van der Waals surface area contributed by atoms with Crippen molar-refractivity contribution in [3.05, 3.63) is 66.2 Å². The molecule has 1 aromatic heterocycles. The van der Waals surface area contributed by atoms with Gasteiger partial charge in [-0.05, 0) is 22.7 Å². The molecule has 0 aliphatic heterocycles. The summed E-state index contributed by atoms with van der Waals surface area (Å²) in [6.45, 7) is 0.792. The summed E-state index contributed by atoms with van der Waals surface area (Å²) in [7, 11) is 0. The molecule has 3 rings (SSSR count). The summed E-state index contributed by atoms with van der Waals surface area (Å²) in [5, 5.41) is 0.592. The first-order valence-corrected chi connectivity index (χ1v) is 6.86. The molecule has 3 nitrogen and oxygen atoms in total. The minimum atomic E-state index is 0.592. The molecule has 0 amide bonds. The van der Waals surface area contributed by atoms with Crippen LogP contribution in [-0.2, 0) is 6.54 Å². The average Bonchev–Trinajstić information content (AvgIpc) is 2.82. The van der Waals surface area contributed by atoms with E-state index in [0.29, 0.717) is 5.13 Å². The lowest BCUT2D eigenvalue weighted by atomic mass is 10.2. The fourth-order valence-electron chi connectivity index (χ4n) is 1.99. The van der Waals surface area contributed by atoms with Gasteiger partial charge in [-0.25, -0.2) is 0 Å². The van der Waals surface area contributed by atoms with E-state index in [-0.39, 0.29) is 0 Å². The van der Waals surface area contributed by atoms with Crippen molar-refractivity contribution in [2.75, 3.05) is 5.73 Å². The van der Waals surface area contributed by atoms with Gasteiger partial charge in [-0.3, -0.25) is 0 Å². The topological polar surface area (TPSA) is 42.8 Å². The monoisotopic (exact) mass is 268 g/mol. The highest BCUT2D eigenvalue weighted by atomic mass is 32.1. The lowest BCUT2D eigenvalue weighted by Crippen LogP contribution is -2.31. The van der Waals surface area contributed by atoms with Gasteiger partial charge in [0, 0.05) is 0 Å². The van der Waals surface area contributed by atoms with Gasteiger partial charge in [0.2, 0.25) is 0 Å². The van der Waals surface area contributed by atoms with Gasteiger partial charge in [0.15, 0.2) is 0 Å². The molecule has 4 heteroatoms. The number of anilines is 1. The number of hydrogen-bond donors (Lipinski definition) is 1. The zero-order chi connectivity index (χ0) is 13.1. The minimum Gasteiger partial charge on any atom is -0.351 e. The van der Waals surface area contributed by atoms with Crippen LogP contribution < -0.4 is 9.69 Å². The Morgan fingerprint density at radius 3 is 2.26 bits per heavy atom. The average molecular weight is 268 g/mol. The van der Waals surface area contributed by atoms with Crippen LogP contribution in [0.2, 0.25) is 0 Å². The van der Waals surface area contributed by atoms with E-state index in [2.05, 4.69) is 33.2 Å². The Kier molecular flexibility index (Phi) is 3.25. The Morgan fingerprint density at radius 1 is 0.947 bits per heavy atom. The SMILES string of the molecule is Nc1nc(-c2ccccc2)[n+](Cc2ccccc2)s1. The molecule has 0 spiro atoms. The van der Waals surface area contributed by atoms with Crippen molar-refractivity contribution in [3.63, 3.8) is 0 Å². The summed E-state index contributed by atoms with van der Waals surface area (Å²) in [5.41, 5.74) is 8.19. The van der Waals surface area contributed by atoms with Crippen molar-refractivity contribution in [2.45, 2.75) is 6.54 Å². The maximum absolute atomic E-state index is 5.86. The first kappa shape index (κ1) is 11.9. The molecule has 0 atom stereocenters. The van der Waals surface area contributed by atoms with Crippen LogP contribution >= 0.6 is 11.5 Å². The van der Waals surface area contributed by atoms with Crippen LogP contribution in [0.1, 0.15) is 5.56 Å². The summed E-state index contributed by atoms with van der Waals surface area (Å²) in [6, 6.07) is 20.5. The third-order valence-electron chi connectivity index (χ3n) is 2.86. The summed E-state index contributed by atoms with van der Waals surface area (Å²) >= 11 is 1.49. The molecule has 0 fully saturated rings. The molecule has 0 radical (unpaired) electrons. The molecular weight excluding hydrogens is 254 g/mol. The Hall–Kier alpha value is -2.20. The van der Waals surface area contributed by atoms with E-state index in [4.69, 9.17) is 5.73 Å². The lowest BCUT2D eigenvalue weighted by Gasteiger charge is -1.98. The third-order valence-corrected chi connectivity index (χ3v) is 3.66. The van der Waals surface area contributed by atoms with Gasteiger partial charge in [-0.2, -0.15) is 3.96 Å². The fourth-order valence-corrected chi connectivity index (χ4v) is 2.79. The molecule has 2 N–H and O–H groups in total. The van der Waals surface area contributed by atoms with Crippen LogP contribution in [0.5, 0.6) is 0 Å². The molecule has 2 aromatic carbocycles. The molecule has 94 valence electrons. The largest absolute Gasteiger partial charge is 0.351 e. The lowest BCUT2D eigenvalue weighted by molar-refractivity contribution is -0.610. The van der Waals surface area contributed by atoms with Gasteiger partial charge in [0.05, 0.1) is 5.56 Å². The van der Waals surface area contributed by atoms with Crippen LogP contribution in [0.3, 0.4) is 0 Å². The molecule has 0 unspecified atom stereocenters. The van der Waals surface area contributed by atoms with Crippen LogP contribution in [0.25, 0.3) is 11.4 Å². The maximum Gasteiger partial charge on any atom is 0.345 e. The molecule has 0 aliphatic rings. The summed E-state index contributed by atoms with van der Waals surface area (Å²) in [5.74, 6) is 0.923. The smallest absolute Gasteiger partial charge is 0.345 e. The molecule has 0 saturated heterocycles. The Balaban J connectivity index is 1.99. The van der Waals surface area contributed by atoms with E-state index >= 15 is 0 Å². The van der Waals surface area contributed by atoms with Crippen molar-refractivity contribution in [1.29, 1.82) is 0 Å². The summed E-state index contributed by atoms with van der Waals surface area (Å²) in [4.78, 5) is 4.44. The number of nitrogen functional groups attached to an aromatic ring is 1. The maximum atomic E-state index is 5.86. The second-order valence-electron chi connectivity index (χ2n) is 4.25. The minimum absolute atomic E-state index is 0.592. The predicted octanol–water partition coefficient (Wildman–Crippen LogP) is 2.73. The quantitative estimate of drug-likeness (QED) is 0.742. The van der Waals surface area contributed by atoms with E-state index in [1.165, 1.54) is 17.1 Å². The summed E-state index contributed by atoms with van der Waals surface area (Å²) in [6.07, 6.45) is 0. The Morgan fingerprint density at radius 2 is 1.58 bits per heavy atom. The van der Waals surface area contributed by atoms with Crippen molar-refractivity contribution in [2.24, 2.45) is 0 Å². The van der Waals surface area contributed by atoms with E-state index in [0.717, 1.165) is 17.9 Å². The van der Waals surface area contributed by atoms with Crippen LogP contribution in [0.4, 0.5) is 5.13 Å². The number of nitrogens with zero attached hydrogens (tertiary/aromatic N) is 2. The third kappa shape index (κ3) is 2.63. The first-order valence-electron chi connectivity index (χ1n) is 6.09. The van der Waals surface area contributed by atoms with Crippen molar-refractivity contribution < 1.29 is 3.96 Å². The first-order chi connectivity index (χ1) is 9.33. The highest BCUT2D eigenvalue weighted by Gasteiger charge is 2.20. The molecule has 1 heterocycles.